The largest absolute Gasteiger partial charge is 0.118 e. The van der Waals surface area contributed by atoms with Crippen LogP contribution in [0.1, 0.15) is 31.2 Å². The Bertz CT molecular complexity index is 382. The van der Waals surface area contributed by atoms with Crippen molar-refractivity contribution in [1.82, 2.24) is 0 Å². The van der Waals surface area contributed by atoms with Gasteiger partial charge in [0.1, 0.15) is 0 Å². The first-order valence-corrected chi connectivity index (χ1v) is 6.64. The van der Waals surface area contributed by atoms with Crippen LogP contribution in [-0.2, 0) is 6.42 Å². The zero-order chi connectivity index (χ0) is 11.4. The second-order valence-corrected chi connectivity index (χ2v) is 5.32. The van der Waals surface area contributed by atoms with E-state index in [4.69, 9.17) is 23.2 Å². The Balaban J connectivity index is 2.11. The number of rotatable bonds is 2. The summed E-state index contributed by atoms with van der Waals surface area (Å²) >= 11 is 12.4. The van der Waals surface area contributed by atoms with Crippen LogP contribution in [-0.4, -0.2) is 5.38 Å². The molecule has 0 saturated heterocycles. The van der Waals surface area contributed by atoms with Crippen molar-refractivity contribution in [3.05, 3.63) is 46.5 Å². The minimum Gasteiger partial charge on any atom is -0.118 e. The van der Waals surface area contributed by atoms with E-state index in [1.165, 1.54) is 24.0 Å². The molecule has 1 aromatic rings. The van der Waals surface area contributed by atoms with Crippen LogP contribution in [0.15, 0.2) is 35.9 Å². The molecule has 0 nitrogen and oxygen atoms in total. The normalized spacial score (nSPS) is 21.4. The summed E-state index contributed by atoms with van der Waals surface area (Å²) in [6.07, 6.45) is 7.92. The lowest BCUT2D eigenvalue weighted by Gasteiger charge is -2.07. The van der Waals surface area contributed by atoms with E-state index in [0.29, 0.717) is 0 Å². The van der Waals surface area contributed by atoms with E-state index in [-0.39, 0.29) is 5.38 Å². The molecule has 0 aliphatic heterocycles. The van der Waals surface area contributed by atoms with Crippen LogP contribution >= 0.6 is 23.2 Å². The summed E-state index contributed by atoms with van der Waals surface area (Å²) in [6, 6.07) is 8.05. The number of halogens is 2. The molecule has 2 heteroatoms. The van der Waals surface area contributed by atoms with E-state index >= 15 is 0 Å². The average Bonchev–Trinajstić information content (AvgIpc) is 2.46. The summed E-state index contributed by atoms with van der Waals surface area (Å²) in [5.74, 6) is 0. The predicted octanol–water partition coefficient (Wildman–Crippen LogP) is 4.99. The molecule has 86 valence electrons. The van der Waals surface area contributed by atoms with Gasteiger partial charge in [-0.25, -0.2) is 0 Å². The summed E-state index contributed by atoms with van der Waals surface area (Å²) in [5.41, 5.74) is 2.65. The fourth-order valence-electron chi connectivity index (χ4n) is 2.15. The molecule has 0 saturated carbocycles. The van der Waals surface area contributed by atoms with E-state index in [0.717, 1.165) is 24.3 Å². The number of alkyl halides is 1. The third-order valence-corrected chi connectivity index (χ3v) is 3.73. The lowest BCUT2D eigenvalue weighted by molar-refractivity contribution is 0.710. The zero-order valence-electron chi connectivity index (χ0n) is 9.26. The molecule has 0 radical (unpaired) electrons. The van der Waals surface area contributed by atoms with Crippen molar-refractivity contribution >= 4 is 23.2 Å². The second-order valence-electron chi connectivity index (χ2n) is 4.35. The van der Waals surface area contributed by atoms with Gasteiger partial charge in [-0.05, 0) is 37.3 Å². The van der Waals surface area contributed by atoms with Crippen molar-refractivity contribution in [3.63, 3.8) is 0 Å². The highest BCUT2D eigenvalue weighted by atomic mass is 35.5. The first-order valence-electron chi connectivity index (χ1n) is 5.83. The van der Waals surface area contributed by atoms with E-state index in [2.05, 4.69) is 12.1 Å². The van der Waals surface area contributed by atoms with Crippen LogP contribution in [0.3, 0.4) is 0 Å². The number of hydrogen-bond donors (Lipinski definition) is 0. The van der Waals surface area contributed by atoms with Crippen LogP contribution < -0.4 is 0 Å². The van der Waals surface area contributed by atoms with Crippen molar-refractivity contribution in [2.45, 2.75) is 37.5 Å². The molecule has 0 heterocycles. The van der Waals surface area contributed by atoms with Gasteiger partial charge in [0, 0.05) is 5.02 Å². The lowest BCUT2D eigenvalue weighted by atomic mass is 10.0. The van der Waals surface area contributed by atoms with Crippen LogP contribution in [0.4, 0.5) is 0 Å². The van der Waals surface area contributed by atoms with Gasteiger partial charge in [-0.2, -0.15) is 0 Å². The topological polar surface area (TPSA) is 0 Å². The highest BCUT2D eigenvalue weighted by Gasteiger charge is 2.10. The molecule has 0 bridgehead atoms. The molecular weight excluding hydrogens is 239 g/mol. The van der Waals surface area contributed by atoms with E-state index in [9.17, 15) is 0 Å². The number of benzene rings is 1. The highest BCUT2D eigenvalue weighted by Crippen LogP contribution is 2.26. The molecule has 16 heavy (non-hydrogen) atoms. The molecule has 0 spiro atoms. The summed E-state index contributed by atoms with van der Waals surface area (Å²) in [4.78, 5) is 0. The maximum Gasteiger partial charge on any atom is 0.0518 e. The van der Waals surface area contributed by atoms with E-state index in [1.54, 1.807) is 0 Å². The van der Waals surface area contributed by atoms with Crippen molar-refractivity contribution in [2.75, 3.05) is 0 Å². The summed E-state index contributed by atoms with van der Waals surface area (Å²) in [7, 11) is 0. The Kier molecular flexibility index (Phi) is 4.31. The van der Waals surface area contributed by atoms with Gasteiger partial charge in [-0.1, -0.05) is 47.9 Å². The summed E-state index contributed by atoms with van der Waals surface area (Å²) in [5, 5.41) is 1.07. The number of allylic oxidation sites excluding steroid dienone is 2. The smallest absolute Gasteiger partial charge is 0.0518 e. The van der Waals surface area contributed by atoms with Crippen molar-refractivity contribution in [3.8, 4) is 0 Å². The fourth-order valence-corrected chi connectivity index (χ4v) is 2.68. The SMILES string of the molecule is Clc1ccccc1CC1=CC(Cl)CCCC1. The molecule has 0 amide bonds. The molecule has 0 fully saturated rings. The molecule has 2 rings (SSSR count). The predicted molar refractivity (Wildman–Crippen MR) is 71.3 cm³/mol. The molecule has 1 aromatic carbocycles. The van der Waals surface area contributed by atoms with Gasteiger partial charge in [0.05, 0.1) is 5.38 Å². The second kappa shape index (κ2) is 5.75. The van der Waals surface area contributed by atoms with Gasteiger partial charge in [0.15, 0.2) is 0 Å². The van der Waals surface area contributed by atoms with Crippen LogP contribution in [0.5, 0.6) is 0 Å². The highest BCUT2D eigenvalue weighted by molar-refractivity contribution is 6.31. The Labute approximate surface area is 107 Å². The monoisotopic (exact) mass is 254 g/mol. The molecule has 1 aliphatic rings. The third-order valence-electron chi connectivity index (χ3n) is 3.02. The van der Waals surface area contributed by atoms with Gasteiger partial charge in [0.2, 0.25) is 0 Å². The maximum absolute atomic E-state index is 6.21. The Morgan fingerprint density at radius 1 is 1.19 bits per heavy atom. The molecule has 0 aromatic heterocycles. The van der Waals surface area contributed by atoms with E-state index < -0.39 is 0 Å². The molecule has 1 unspecified atom stereocenters. The molecular formula is C14H16Cl2. The van der Waals surface area contributed by atoms with Crippen molar-refractivity contribution in [2.24, 2.45) is 0 Å². The van der Waals surface area contributed by atoms with Crippen molar-refractivity contribution < 1.29 is 0 Å². The molecule has 0 N–H and O–H groups in total. The Morgan fingerprint density at radius 3 is 2.81 bits per heavy atom. The van der Waals surface area contributed by atoms with Gasteiger partial charge < -0.3 is 0 Å². The first kappa shape index (κ1) is 12.0. The Morgan fingerprint density at radius 2 is 2.00 bits per heavy atom. The van der Waals surface area contributed by atoms with Gasteiger partial charge in [-0.15, -0.1) is 11.6 Å². The fraction of sp³-hybridized carbons (Fsp3) is 0.429. The third kappa shape index (κ3) is 3.26. The van der Waals surface area contributed by atoms with Crippen LogP contribution in [0.25, 0.3) is 0 Å². The number of hydrogen-bond acceptors (Lipinski definition) is 0. The Hall–Kier alpha value is -0.460. The first-order chi connectivity index (χ1) is 7.75. The minimum atomic E-state index is 0.208. The standard InChI is InChI=1S/C14H16Cl2/c15-13-7-3-1-5-11(10-13)9-12-6-2-4-8-14(12)16/h2,4,6,8,10,13H,1,3,5,7,9H2. The van der Waals surface area contributed by atoms with Crippen molar-refractivity contribution in [1.29, 1.82) is 0 Å². The summed E-state index contributed by atoms with van der Waals surface area (Å²) in [6.45, 7) is 0. The van der Waals surface area contributed by atoms with Gasteiger partial charge in [-0.3, -0.25) is 0 Å². The quantitative estimate of drug-likeness (QED) is 0.515. The summed E-state index contributed by atoms with van der Waals surface area (Å²) < 4.78 is 0. The van der Waals surface area contributed by atoms with Crippen LogP contribution in [0, 0.1) is 0 Å². The molecule has 1 atom stereocenters. The minimum absolute atomic E-state index is 0.208. The van der Waals surface area contributed by atoms with E-state index in [1.807, 2.05) is 18.2 Å². The average molecular weight is 255 g/mol. The van der Waals surface area contributed by atoms with Gasteiger partial charge in [0.25, 0.3) is 0 Å². The molecule has 1 aliphatic carbocycles. The van der Waals surface area contributed by atoms with Gasteiger partial charge >= 0.3 is 0 Å². The maximum atomic E-state index is 6.21. The van der Waals surface area contributed by atoms with Crippen LogP contribution in [0.2, 0.25) is 5.02 Å². The lowest BCUT2D eigenvalue weighted by Crippen LogP contribution is -1.95. The zero-order valence-corrected chi connectivity index (χ0v) is 10.8.